The predicted octanol–water partition coefficient (Wildman–Crippen LogP) is 5.45. The summed E-state index contributed by atoms with van der Waals surface area (Å²) in [6, 6.07) is 22.6. The Morgan fingerprint density at radius 2 is 1.44 bits per heavy atom. The van der Waals surface area contributed by atoms with Crippen LogP contribution in [0.1, 0.15) is 51.5 Å². The number of ketones is 1. The molecule has 7 heteroatoms. The fourth-order valence-corrected chi connectivity index (χ4v) is 5.27. The lowest BCUT2D eigenvalue weighted by molar-refractivity contribution is -0.122. The Morgan fingerprint density at radius 3 is 2.14 bits per heavy atom. The first-order valence-electron chi connectivity index (χ1n) is 11.9. The Bertz CT molecular complexity index is 1300. The van der Waals surface area contributed by atoms with Crippen LogP contribution in [0.25, 0.3) is 0 Å². The van der Waals surface area contributed by atoms with Gasteiger partial charge in [-0.3, -0.25) is 19.3 Å². The second kappa shape index (κ2) is 10.1. The number of Topliss-reactive ketones (excluding diaryl/α,β-unsaturated/α-hetero) is 1. The van der Waals surface area contributed by atoms with Crippen molar-refractivity contribution in [3.63, 3.8) is 0 Å². The van der Waals surface area contributed by atoms with Crippen molar-refractivity contribution >= 4 is 40.9 Å². The van der Waals surface area contributed by atoms with E-state index in [1.54, 1.807) is 36.4 Å². The number of ether oxygens (including phenoxy) is 1. The molecule has 0 radical (unpaired) electrons. The third-order valence-corrected chi connectivity index (χ3v) is 7.31. The molecule has 36 heavy (non-hydrogen) atoms. The van der Waals surface area contributed by atoms with E-state index in [0.29, 0.717) is 29.1 Å². The molecular formula is C29H24ClNO5. The summed E-state index contributed by atoms with van der Waals surface area (Å²) in [4.78, 5) is 52.3. The van der Waals surface area contributed by atoms with Crippen molar-refractivity contribution in [3.8, 4) is 0 Å². The molecule has 1 aliphatic heterocycles. The summed E-state index contributed by atoms with van der Waals surface area (Å²) in [5.41, 5.74) is 2.25. The third kappa shape index (κ3) is 4.69. The highest BCUT2D eigenvalue weighted by Gasteiger charge is 2.50. The Kier molecular flexibility index (Phi) is 6.70. The zero-order valence-corrected chi connectivity index (χ0v) is 20.2. The van der Waals surface area contributed by atoms with Gasteiger partial charge in [-0.05, 0) is 79.3 Å². The molecule has 3 atom stereocenters. The number of esters is 1. The molecule has 1 saturated heterocycles. The number of halogens is 1. The number of fused-ring (bicyclic) bond motifs is 1. The maximum Gasteiger partial charge on any atom is 0.338 e. The average molecular weight is 502 g/mol. The third-order valence-electron chi connectivity index (χ3n) is 7.06. The average Bonchev–Trinajstić information content (AvgIpc) is 3.17. The number of anilines is 1. The van der Waals surface area contributed by atoms with Gasteiger partial charge in [-0.1, -0.05) is 41.9 Å². The number of imide groups is 1. The predicted molar refractivity (Wildman–Crippen MR) is 135 cm³/mol. The number of carbonyl (C=O) groups is 4. The number of rotatable bonds is 6. The van der Waals surface area contributed by atoms with Gasteiger partial charge in [0.25, 0.3) is 0 Å². The van der Waals surface area contributed by atoms with Gasteiger partial charge in [-0.25, -0.2) is 4.79 Å². The second-order valence-electron chi connectivity index (χ2n) is 9.20. The summed E-state index contributed by atoms with van der Waals surface area (Å²) in [5, 5.41) is 0.508. The largest absolute Gasteiger partial charge is 0.454 e. The van der Waals surface area contributed by atoms with Gasteiger partial charge in [-0.15, -0.1) is 0 Å². The maximum absolute atomic E-state index is 13.2. The molecule has 0 N–H and O–H groups in total. The molecule has 0 bridgehead atoms. The first-order chi connectivity index (χ1) is 17.4. The van der Waals surface area contributed by atoms with Gasteiger partial charge in [0.15, 0.2) is 12.4 Å². The minimum atomic E-state index is -0.665. The standard InChI is InChI=1S/C29H24ClNO5/c30-22-11-6-19(7-12-22)26(32)17-36-29(35)20-8-13-23(14-9-20)31-27(33)24-15-10-21(16-25(24)28(31)34)18-4-2-1-3-5-18/h1-9,11-14,21,24-25H,10,15-17H2. The lowest BCUT2D eigenvalue weighted by Gasteiger charge is -2.28. The fraction of sp³-hybridized carbons (Fsp3) is 0.241. The smallest absolute Gasteiger partial charge is 0.338 e. The second-order valence-corrected chi connectivity index (χ2v) is 9.64. The zero-order chi connectivity index (χ0) is 25.2. The number of benzene rings is 3. The lowest BCUT2D eigenvalue weighted by Crippen LogP contribution is -2.30. The number of hydrogen-bond acceptors (Lipinski definition) is 5. The van der Waals surface area contributed by atoms with Gasteiger partial charge in [0.2, 0.25) is 11.8 Å². The van der Waals surface area contributed by atoms with Gasteiger partial charge in [-0.2, -0.15) is 0 Å². The highest BCUT2D eigenvalue weighted by molar-refractivity contribution is 6.30. The SMILES string of the molecule is O=C(COC(=O)c1ccc(N2C(=O)C3CCC(c4ccccc4)CC3C2=O)cc1)c1ccc(Cl)cc1. The van der Waals surface area contributed by atoms with E-state index in [4.69, 9.17) is 16.3 Å². The van der Waals surface area contributed by atoms with E-state index in [2.05, 4.69) is 12.1 Å². The van der Waals surface area contributed by atoms with Crippen LogP contribution in [0.4, 0.5) is 5.69 Å². The molecule has 2 fully saturated rings. The van der Waals surface area contributed by atoms with Crippen molar-refractivity contribution in [3.05, 3.63) is 101 Å². The van der Waals surface area contributed by atoms with Crippen LogP contribution in [0.15, 0.2) is 78.9 Å². The summed E-state index contributed by atoms with van der Waals surface area (Å²) in [6.07, 6.45) is 2.21. The van der Waals surface area contributed by atoms with Crippen molar-refractivity contribution in [2.75, 3.05) is 11.5 Å². The van der Waals surface area contributed by atoms with Crippen LogP contribution in [0.3, 0.4) is 0 Å². The summed E-state index contributed by atoms with van der Waals surface area (Å²) in [7, 11) is 0. The molecule has 2 amide bonds. The van der Waals surface area contributed by atoms with E-state index in [-0.39, 0.29) is 40.9 Å². The molecule has 0 spiro atoms. The van der Waals surface area contributed by atoms with Crippen LogP contribution in [-0.4, -0.2) is 30.2 Å². The molecule has 3 aromatic carbocycles. The molecule has 1 heterocycles. The Balaban J connectivity index is 1.23. The van der Waals surface area contributed by atoms with Crippen LogP contribution in [-0.2, 0) is 14.3 Å². The normalized spacial score (nSPS) is 21.2. The number of nitrogens with zero attached hydrogens (tertiary/aromatic N) is 1. The molecule has 3 aromatic rings. The summed E-state index contributed by atoms with van der Waals surface area (Å²) >= 11 is 5.83. The summed E-state index contributed by atoms with van der Waals surface area (Å²) < 4.78 is 5.14. The summed E-state index contributed by atoms with van der Waals surface area (Å²) in [6.45, 7) is -0.406. The Morgan fingerprint density at radius 1 is 0.806 bits per heavy atom. The molecule has 5 rings (SSSR count). The minimum Gasteiger partial charge on any atom is -0.454 e. The molecular weight excluding hydrogens is 478 g/mol. The summed E-state index contributed by atoms with van der Waals surface area (Å²) in [5.74, 6) is -1.75. The van der Waals surface area contributed by atoms with Gasteiger partial charge in [0.05, 0.1) is 23.1 Å². The van der Waals surface area contributed by atoms with Crippen molar-refractivity contribution in [2.24, 2.45) is 11.8 Å². The fourth-order valence-electron chi connectivity index (χ4n) is 5.14. The molecule has 1 aliphatic carbocycles. The Hall–Kier alpha value is -3.77. The van der Waals surface area contributed by atoms with E-state index < -0.39 is 12.6 Å². The first kappa shape index (κ1) is 23.9. The first-order valence-corrected chi connectivity index (χ1v) is 12.3. The Labute approximate surface area is 213 Å². The number of hydrogen-bond donors (Lipinski definition) is 0. The highest BCUT2D eigenvalue weighted by atomic mass is 35.5. The van der Waals surface area contributed by atoms with Crippen molar-refractivity contribution in [2.45, 2.75) is 25.2 Å². The highest BCUT2D eigenvalue weighted by Crippen LogP contribution is 2.45. The van der Waals surface area contributed by atoms with Gasteiger partial charge in [0, 0.05) is 10.6 Å². The van der Waals surface area contributed by atoms with Gasteiger partial charge in [0.1, 0.15) is 0 Å². The lowest BCUT2D eigenvalue weighted by atomic mass is 9.73. The quantitative estimate of drug-likeness (QED) is 0.255. The molecule has 182 valence electrons. The van der Waals surface area contributed by atoms with E-state index in [0.717, 1.165) is 6.42 Å². The zero-order valence-electron chi connectivity index (χ0n) is 19.4. The molecule has 0 aromatic heterocycles. The van der Waals surface area contributed by atoms with E-state index in [1.165, 1.54) is 22.6 Å². The minimum absolute atomic E-state index is 0.180. The number of carbonyl (C=O) groups excluding carboxylic acids is 4. The van der Waals surface area contributed by atoms with Crippen molar-refractivity contribution in [1.29, 1.82) is 0 Å². The monoisotopic (exact) mass is 501 g/mol. The van der Waals surface area contributed by atoms with Crippen LogP contribution in [0, 0.1) is 11.8 Å². The van der Waals surface area contributed by atoms with Crippen LogP contribution in [0.2, 0.25) is 5.02 Å². The van der Waals surface area contributed by atoms with Crippen LogP contribution in [0.5, 0.6) is 0 Å². The van der Waals surface area contributed by atoms with Gasteiger partial charge < -0.3 is 4.74 Å². The van der Waals surface area contributed by atoms with E-state index in [1.807, 2.05) is 18.2 Å². The molecule has 3 unspecified atom stereocenters. The molecule has 2 aliphatic rings. The van der Waals surface area contributed by atoms with E-state index >= 15 is 0 Å². The molecule has 1 saturated carbocycles. The topological polar surface area (TPSA) is 80.8 Å². The maximum atomic E-state index is 13.2. The van der Waals surface area contributed by atoms with Crippen molar-refractivity contribution < 1.29 is 23.9 Å². The van der Waals surface area contributed by atoms with E-state index in [9.17, 15) is 19.2 Å². The van der Waals surface area contributed by atoms with Crippen LogP contribution >= 0.6 is 11.6 Å². The van der Waals surface area contributed by atoms with Crippen molar-refractivity contribution in [1.82, 2.24) is 0 Å². The van der Waals surface area contributed by atoms with Crippen LogP contribution < -0.4 is 4.90 Å². The molecule has 6 nitrogen and oxygen atoms in total. The van der Waals surface area contributed by atoms with Gasteiger partial charge >= 0.3 is 5.97 Å². The number of amides is 2.